The topological polar surface area (TPSA) is 12.0 Å². The second kappa shape index (κ2) is 6.23. The second-order valence-electron chi connectivity index (χ2n) is 5.96. The van der Waals surface area contributed by atoms with E-state index < -0.39 is 0 Å². The largest absolute Gasteiger partial charge is 0.311 e. The molecule has 2 rings (SSSR count). The summed E-state index contributed by atoms with van der Waals surface area (Å²) < 4.78 is 14.0. The van der Waals surface area contributed by atoms with Crippen molar-refractivity contribution < 1.29 is 4.39 Å². The van der Waals surface area contributed by atoms with E-state index >= 15 is 0 Å². The van der Waals surface area contributed by atoms with Gasteiger partial charge in [-0.25, -0.2) is 4.39 Å². The van der Waals surface area contributed by atoms with Crippen molar-refractivity contribution in [1.82, 2.24) is 5.32 Å². The van der Waals surface area contributed by atoms with Crippen molar-refractivity contribution in [2.75, 3.05) is 6.54 Å². The summed E-state index contributed by atoms with van der Waals surface area (Å²) in [4.78, 5) is 0. The summed E-state index contributed by atoms with van der Waals surface area (Å²) in [6, 6.07) is 4.86. The second-order valence-corrected chi connectivity index (χ2v) is 6.40. The molecule has 106 valence electrons. The van der Waals surface area contributed by atoms with Crippen LogP contribution in [0.4, 0.5) is 4.39 Å². The molecule has 3 heteroatoms. The van der Waals surface area contributed by atoms with E-state index in [9.17, 15) is 4.39 Å². The maximum atomic E-state index is 14.0. The molecule has 0 spiro atoms. The molecule has 1 heterocycles. The van der Waals surface area contributed by atoms with Gasteiger partial charge in [-0.2, -0.15) is 0 Å². The number of hydrogen-bond acceptors (Lipinski definition) is 1. The zero-order valence-corrected chi connectivity index (χ0v) is 12.6. The van der Waals surface area contributed by atoms with Gasteiger partial charge in [0.1, 0.15) is 5.82 Å². The van der Waals surface area contributed by atoms with Gasteiger partial charge in [-0.15, -0.1) is 0 Å². The third-order valence-electron chi connectivity index (χ3n) is 4.40. The molecule has 1 unspecified atom stereocenters. The minimum Gasteiger partial charge on any atom is -0.311 e. The fourth-order valence-corrected chi connectivity index (χ4v) is 3.23. The molecule has 1 aromatic carbocycles. The lowest BCUT2D eigenvalue weighted by atomic mass is 9.77. The molecule has 1 aliphatic heterocycles. The van der Waals surface area contributed by atoms with E-state index in [-0.39, 0.29) is 11.4 Å². The molecule has 1 saturated heterocycles. The highest BCUT2D eigenvalue weighted by Crippen LogP contribution is 2.32. The van der Waals surface area contributed by atoms with E-state index in [2.05, 4.69) is 19.2 Å². The molecule has 19 heavy (non-hydrogen) atoms. The van der Waals surface area contributed by atoms with Crippen LogP contribution >= 0.6 is 11.6 Å². The van der Waals surface area contributed by atoms with Crippen molar-refractivity contribution in [3.05, 3.63) is 34.6 Å². The summed E-state index contributed by atoms with van der Waals surface area (Å²) in [6.07, 6.45) is 5.52. The average Bonchev–Trinajstić information content (AvgIpc) is 2.60. The van der Waals surface area contributed by atoms with Crippen LogP contribution in [0.1, 0.15) is 45.1 Å². The first-order chi connectivity index (χ1) is 9.03. The van der Waals surface area contributed by atoms with E-state index in [1.165, 1.54) is 25.3 Å². The van der Waals surface area contributed by atoms with Crippen LogP contribution in [-0.4, -0.2) is 12.1 Å². The molecule has 0 saturated carbocycles. The van der Waals surface area contributed by atoms with Crippen LogP contribution in [0.2, 0.25) is 5.02 Å². The average molecular weight is 284 g/mol. The molecule has 1 fully saturated rings. The van der Waals surface area contributed by atoms with Gasteiger partial charge in [-0.05, 0) is 55.5 Å². The van der Waals surface area contributed by atoms with E-state index in [0.717, 1.165) is 24.9 Å². The Morgan fingerprint density at radius 3 is 2.84 bits per heavy atom. The predicted octanol–water partition coefficient (Wildman–Crippen LogP) is 4.58. The van der Waals surface area contributed by atoms with Gasteiger partial charge in [0.2, 0.25) is 0 Å². The Kier molecular flexibility index (Phi) is 4.86. The number of nitrogens with one attached hydrogen (secondary N) is 1. The molecule has 0 bridgehead atoms. The van der Waals surface area contributed by atoms with E-state index in [0.29, 0.717) is 10.9 Å². The summed E-state index contributed by atoms with van der Waals surface area (Å²) in [5, 5.41) is 4.29. The van der Waals surface area contributed by atoms with Gasteiger partial charge in [0.25, 0.3) is 0 Å². The Morgan fingerprint density at radius 1 is 1.32 bits per heavy atom. The first kappa shape index (κ1) is 14.8. The minimum absolute atomic E-state index is 0.00201. The normalized spacial score (nSPS) is 24.5. The third kappa shape index (κ3) is 3.49. The van der Waals surface area contributed by atoms with E-state index in [1.54, 1.807) is 12.1 Å². The smallest absolute Gasteiger partial charge is 0.126 e. The van der Waals surface area contributed by atoms with Gasteiger partial charge in [-0.3, -0.25) is 0 Å². The van der Waals surface area contributed by atoms with Crippen LogP contribution in [0.25, 0.3) is 0 Å². The highest BCUT2D eigenvalue weighted by atomic mass is 35.5. The third-order valence-corrected chi connectivity index (χ3v) is 4.63. The first-order valence-corrected chi connectivity index (χ1v) is 7.60. The lowest BCUT2D eigenvalue weighted by Crippen LogP contribution is -2.51. The fraction of sp³-hybridized carbons (Fsp3) is 0.625. The summed E-state index contributed by atoms with van der Waals surface area (Å²) >= 11 is 6.00. The molecule has 0 amide bonds. The SMILES string of the molecule is CC(C)C1(Cc2cc(Cl)ccc2F)CCCCCN1. The van der Waals surface area contributed by atoms with Crippen molar-refractivity contribution in [2.24, 2.45) is 5.92 Å². The van der Waals surface area contributed by atoms with E-state index in [4.69, 9.17) is 11.6 Å². The Balaban J connectivity index is 2.27. The van der Waals surface area contributed by atoms with Crippen LogP contribution in [0.3, 0.4) is 0 Å². The number of hydrogen-bond donors (Lipinski definition) is 1. The van der Waals surface area contributed by atoms with Gasteiger partial charge in [0.15, 0.2) is 0 Å². The van der Waals surface area contributed by atoms with Crippen LogP contribution in [-0.2, 0) is 6.42 Å². The molecule has 1 aromatic rings. The molecule has 1 nitrogen and oxygen atoms in total. The van der Waals surface area contributed by atoms with Gasteiger partial charge < -0.3 is 5.32 Å². The molecule has 0 radical (unpaired) electrons. The minimum atomic E-state index is -0.143. The lowest BCUT2D eigenvalue weighted by Gasteiger charge is -2.38. The van der Waals surface area contributed by atoms with Crippen LogP contribution < -0.4 is 5.32 Å². The molecule has 1 N–H and O–H groups in total. The van der Waals surface area contributed by atoms with E-state index in [1.807, 2.05) is 0 Å². The first-order valence-electron chi connectivity index (χ1n) is 7.22. The molecule has 0 aromatic heterocycles. The summed E-state index contributed by atoms with van der Waals surface area (Å²) in [5.74, 6) is 0.333. The van der Waals surface area contributed by atoms with Crippen molar-refractivity contribution in [2.45, 2.75) is 51.5 Å². The zero-order valence-electron chi connectivity index (χ0n) is 11.8. The molecular weight excluding hydrogens is 261 g/mol. The lowest BCUT2D eigenvalue weighted by molar-refractivity contribution is 0.224. The molecule has 1 aliphatic rings. The monoisotopic (exact) mass is 283 g/mol. The van der Waals surface area contributed by atoms with Crippen molar-refractivity contribution in [3.8, 4) is 0 Å². The summed E-state index contributed by atoms with van der Waals surface area (Å²) in [7, 11) is 0. The Morgan fingerprint density at radius 2 is 2.11 bits per heavy atom. The molecule has 0 aliphatic carbocycles. The number of rotatable bonds is 3. The predicted molar refractivity (Wildman–Crippen MR) is 79.2 cm³/mol. The molecular formula is C16H23ClFN. The highest BCUT2D eigenvalue weighted by molar-refractivity contribution is 6.30. The standard InChI is InChI=1S/C16H23ClFN/c1-12(2)16(8-4-3-5-9-19-16)11-13-10-14(17)6-7-15(13)18/h6-7,10,12,19H,3-5,8-9,11H2,1-2H3. The number of benzene rings is 1. The van der Waals surface area contributed by atoms with Crippen LogP contribution in [0.15, 0.2) is 18.2 Å². The van der Waals surface area contributed by atoms with Gasteiger partial charge in [-0.1, -0.05) is 38.3 Å². The van der Waals surface area contributed by atoms with Crippen molar-refractivity contribution in [3.63, 3.8) is 0 Å². The maximum absolute atomic E-state index is 14.0. The van der Waals surface area contributed by atoms with Gasteiger partial charge in [0.05, 0.1) is 0 Å². The fourth-order valence-electron chi connectivity index (χ4n) is 3.03. The van der Waals surface area contributed by atoms with Crippen molar-refractivity contribution >= 4 is 11.6 Å². The number of halogens is 2. The summed E-state index contributed by atoms with van der Waals surface area (Å²) in [5.41, 5.74) is 0.734. The van der Waals surface area contributed by atoms with Gasteiger partial charge in [0, 0.05) is 10.6 Å². The Labute approximate surface area is 120 Å². The Bertz CT molecular complexity index is 423. The van der Waals surface area contributed by atoms with Crippen molar-refractivity contribution in [1.29, 1.82) is 0 Å². The Hall–Kier alpha value is -0.600. The van der Waals surface area contributed by atoms with Crippen LogP contribution in [0, 0.1) is 11.7 Å². The summed E-state index contributed by atoms with van der Waals surface area (Å²) in [6.45, 7) is 5.47. The maximum Gasteiger partial charge on any atom is 0.126 e. The van der Waals surface area contributed by atoms with Crippen LogP contribution in [0.5, 0.6) is 0 Å². The zero-order chi connectivity index (χ0) is 13.9. The van der Waals surface area contributed by atoms with Gasteiger partial charge >= 0.3 is 0 Å². The highest BCUT2D eigenvalue weighted by Gasteiger charge is 2.34. The molecule has 1 atom stereocenters. The quantitative estimate of drug-likeness (QED) is 0.856.